The molecule has 0 unspecified atom stereocenters. The first-order valence-corrected chi connectivity index (χ1v) is 6.78. The van der Waals surface area contributed by atoms with E-state index in [1.807, 2.05) is 55.5 Å². The van der Waals surface area contributed by atoms with Crippen LogP contribution in [0.2, 0.25) is 0 Å². The lowest BCUT2D eigenvalue weighted by atomic mass is 10.1. The molecule has 3 rings (SSSR count). The molecule has 1 amide bonds. The van der Waals surface area contributed by atoms with Crippen molar-refractivity contribution in [2.45, 2.75) is 26.5 Å². The van der Waals surface area contributed by atoms with E-state index in [0.29, 0.717) is 6.54 Å². The summed E-state index contributed by atoms with van der Waals surface area (Å²) < 4.78 is 5.75. The highest BCUT2D eigenvalue weighted by Crippen LogP contribution is 2.28. The fourth-order valence-electron chi connectivity index (χ4n) is 2.40. The van der Waals surface area contributed by atoms with Crippen molar-refractivity contribution in [1.82, 2.24) is 0 Å². The number of carbonyl (C=O) groups excluding carboxylic acids is 1. The summed E-state index contributed by atoms with van der Waals surface area (Å²) in [5, 5.41) is 0. The zero-order valence-corrected chi connectivity index (χ0v) is 11.7. The third-order valence-corrected chi connectivity index (χ3v) is 3.56. The number of para-hydroxylation sites is 1. The van der Waals surface area contributed by atoms with Gasteiger partial charge < -0.3 is 9.64 Å². The van der Waals surface area contributed by atoms with Gasteiger partial charge in [-0.1, -0.05) is 35.9 Å². The minimum atomic E-state index is -0.472. The van der Waals surface area contributed by atoms with Gasteiger partial charge in [-0.05, 0) is 32.0 Å². The van der Waals surface area contributed by atoms with E-state index in [0.717, 1.165) is 17.0 Å². The Labute approximate surface area is 118 Å². The summed E-state index contributed by atoms with van der Waals surface area (Å²) in [4.78, 5) is 14.3. The highest BCUT2D eigenvalue weighted by molar-refractivity contribution is 5.97. The van der Waals surface area contributed by atoms with E-state index in [1.54, 1.807) is 11.8 Å². The maximum absolute atomic E-state index is 12.5. The van der Waals surface area contributed by atoms with Gasteiger partial charge in [0.25, 0.3) is 5.91 Å². The van der Waals surface area contributed by atoms with Crippen molar-refractivity contribution in [1.29, 1.82) is 0 Å². The number of anilines is 1. The van der Waals surface area contributed by atoms with Gasteiger partial charge in [0.05, 0.1) is 6.54 Å². The molecule has 0 saturated heterocycles. The molecule has 2 aromatic rings. The van der Waals surface area contributed by atoms with Crippen molar-refractivity contribution in [3.05, 3.63) is 59.7 Å². The lowest BCUT2D eigenvalue weighted by molar-refractivity contribution is -0.124. The Morgan fingerprint density at radius 3 is 2.55 bits per heavy atom. The number of hydrogen-bond donors (Lipinski definition) is 0. The van der Waals surface area contributed by atoms with Crippen LogP contribution in [-0.2, 0) is 11.3 Å². The molecule has 0 saturated carbocycles. The minimum absolute atomic E-state index is 0.00921. The number of rotatable bonds is 1. The maximum atomic E-state index is 12.5. The summed E-state index contributed by atoms with van der Waals surface area (Å²) in [7, 11) is 0. The van der Waals surface area contributed by atoms with Gasteiger partial charge in [-0.15, -0.1) is 0 Å². The van der Waals surface area contributed by atoms with Gasteiger partial charge in [0, 0.05) is 11.3 Å². The molecule has 0 aliphatic carbocycles. The highest BCUT2D eigenvalue weighted by atomic mass is 16.5. The van der Waals surface area contributed by atoms with E-state index in [2.05, 4.69) is 0 Å². The first-order valence-electron chi connectivity index (χ1n) is 6.78. The normalized spacial score (nSPS) is 18.2. The Morgan fingerprint density at radius 1 is 1.10 bits per heavy atom. The van der Waals surface area contributed by atoms with Crippen molar-refractivity contribution in [2.24, 2.45) is 0 Å². The molecule has 0 radical (unpaired) electrons. The van der Waals surface area contributed by atoms with Gasteiger partial charge in [0.1, 0.15) is 5.75 Å². The highest BCUT2D eigenvalue weighted by Gasteiger charge is 2.28. The number of nitrogens with zero attached hydrogens (tertiary/aromatic N) is 1. The van der Waals surface area contributed by atoms with Gasteiger partial charge in [-0.25, -0.2) is 0 Å². The van der Waals surface area contributed by atoms with Crippen molar-refractivity contribution in [3.63, 3.8) is 0 Å². The van der Waals surface area contributed by atoms with Crippen LogP contribution in [0.25, 0.3) is 0 Å². The van der Waals surface area contributed by atoms with Crippen LogP contribution >= 0.6 is 0 Å². The molecule has 0 N–H and O–H groups in total. The van der Waals surface area contributed by atoms with Crippen LogP contribution in [0.1, 0.15) is 18.1 Å². The van der Waals surface area contributed by atoms with Crippen molar-refractivity contribution < 1.29 is 9.53 Å². The number of hydrogen-bond acceptors (Lipinski definition) is 2. The second-order valence-electron chi connectivity index (χ2n) is 5.13. The second kappa shape index (κ2) is 5.00. The quantitative estimate of drug-likeness (QED) is 0.793. The first kappa shape index (κ1) is 12.7. The average molecular weight is 267 g/mol. The van der Waals surface area contributed by atoms with Crippen LogP contribution in [-0.4, -0.2) is 12.0 Å². The molecule has 3 heteroatoms. The van der Waals surface area contributed by atoms with Crippen molar-refractivity contribution in [2.75, 3.05) is 4.90 Å². The Bertz CT molecular complexity index is 634. The van der Waals surface area contributed by atoms with E-state index >= 15 is 0 Å². The minimum Gasteiger partial charge on any atom is -0.481 e. The summed E-state index contributed by atoms with van der Waals surface area (Å²) >= 11 is 0. The summed E-state index contributed by atoms with van der Waals surface area (Å²) in [5.41, 5.74) is 3.12. The third kappa shape index (κ3) is 2.27. The molecule has 0 fully saturated rings. The van der Waals surface area contributed by atoms with E-state index in [1.165, 1.54) is 5.56 Å². The molecule has 1 aliphatic rings. The SMILES string of the molecule is Cc1ccc(N2Cc3ccccc3O[C@@H](C)C2=O)cc1. The van der Waals surface area contributed by atoms with Crippen LogP contribution in [0.5, 0.6) is 5.75 Å². The number of ether oxygens (including phenoxy) is 1. The third-order valence-electron chi connectivity index (χ3n) is 3.56. The molecule has 2 aromatic carbocycles. The lowest BCUT2D eigenvalue weighted by Gasteiger charge is -2.22. The van der Waals surface area contributed by atoms with Gasteiger partial charge in [-0.2, -0.15) is 0 Å². The van der Waals surface area contributed by atoms with Crippen molar-refractivity contribution >= 4 is 11.6 Å². The number of benzene rings is 2. The average Bonchev–Trinajstić information content (AvgIpc) is 2.58. The number of fused-ring (bicyclic) bond motifs is 1. The van der Waals surface area contributed by atoms with Crippen molar-refractivity contribution in [3.8, 4) is 5.75 Å². The van der Waals surface area contributed by atoms with Gasteiger partial charge in [0.2, 0.25) is 0 Å². The molecule has 1 aliphatic heterocycles. The largest absolute Gasteiger partial charge is 0.481 e. The Balaban J connectivity index is 2.02. The Kier molecular flexibility index (Phi) is 3.18. The zero-order valence-electron chi connectivity index (χ0n) is 11.7. The molecule has 20 heavy (non-hydrogen) atoms. The van der Waals surface area contributed by atoms with E-state index in [9.17, 15) is 4.79 Å². The van der Waals surface area contributed by atoms with Gasteiger partial charge >= 0.3 is 0 Å². The number of carbonyl (C=O) groups is 1. The zero-order chi connectivity index (χ0) is 14.1. The number of amides is 1. The molecule has 1 heterocycles. The van der Waals surface area contributed by atoms with E-state index in [-0.39, 0.29) is 5.91 Å². The molecule has 102 valence electrons. The summed E-state index contributed by atoms with van der Waals surface area (Å²) in [6.07, 6.45) is -0.472. The maximum Gasteiger partial charge on any atom is 0.268 e. The Morgan fingerprint density at radius 2 is 1.80 bits per heavy atom. The van der Waals surface area contributed by atoms with Crippen LogP contribution in [0.4, 0.5) is 5.69 Å². The molecule has 3 nitrogen and oxygen atoms in total. The molecular formula is C17H17NO2. The Hall–Kier alpha value is -2.29. The second-order valence-corrected chi connectivity index (χ2v) is 5.13. The lowest BCUT2D eigenvalue weighted by Crippen LogP contribution is -2.37. The van der Waals surface area contributed by atoms with Gasteiger partial charge in [-0.3, -0.25) is 4.79 Å². The fraction of sp³-hybridized carbons (Fsp3) is 0.235. The summed E-state index contributed by atoms with van der Waals surface area (Å²) in [6, 6.07) is 15.8. The van der Waals surface area contributed by atoms with Gasteiger partial charge in [0.15, 0.2) is 6.10 Å². The van der Waals surface area contributed by atoms with E-state index in [4.69, 9.17) is 4.74 Å². The monoisotopic (exact) mass is 267 g/mol. The standard InChI is InChI=1S/C17H17NO2/c1-12-7-9-15(10-8-12)18-11-14-5-3-4-6-16(14)20-13(2)17(18)19/h3-10,13H,11H2,1-2H3/t13-/m0/s1. The van der Waals surface area contributed by atoms with Crippen LogP contribution < -0.4 is 9.64 Å². The van der Waals surface area contributed by atoms with Crippen LogP contribution in [0, 0.1) is 6.92 Å². The number of aryl methyl sites for hydroxylation is 1. The molecule has 0 spiro atoms. The molecular weight excluding hydrogens is 250 g/mol. The van der Waals surface area contributed by atoms with Crippen LogP contribution in [0.3, 0.4) is 0 Å². The topological polar surface area (TPSA) is 29.5 Å². The fourth-order valence-corrected chi connectivity index (χ4v) is 2.40. The molecule has 0 aromatic heterocycles. The smallest absolute Gasteiger partial charge is 0.268 e. The summed E-state index contributed by atoms with van der Waals surface area (Å²) in [6.45, 7) is 4.38. The predicted octanol–water partition coefficient (Wildman–Crippen LogP) is 3.31. The molecule has 0 bridgehead atoms. The molecule has 1 atom stereocenters. The van der Waals surface area contributed by atoms with E-state index < -0.39 is 6.10 Å². The first-order chi connectivity index (χ1) is 9.65. The summed E-state index contributed by atoms with van der Waals surface area (Å²) in [5.74, 6) is 0.785. The van der Waals surface area contributed by atoms with Crippen LogP contribution in [0.15, 0.2) is 48.5 Å². The predicted molar refractivity (Wildman–Crippen MR) is 78.9 cm³/mol.